The van der Waals surface area contributed by atoms with E-state index in [0.717, 1.165) is 14.0 Å². The van der Waals surface area contributed by atoms with E-state index in [2.05, 4.69) is 9.73 Å². The summed E-state index contributed by atoms with van der Waals surface area (Å²) in [6.45, 7) is 0.800. The molecule has 0 unspecified atom stereocenters. The maximum absolute atomic E-state index is 11.9. The number of halogens is 3. The fourth-order valence-electron chi connectivity index (χ4n) is 0.479. The first-order valence-corrected chi connectivity index (χ1v) is 3.03. The first kappa shape index (κ1) is 11.6. The van der Waals surface area contributed by atoms with Crippen LogP contribution in [0, 0.1) is 0 Å². The van der Waals surface area contributed by atoms with E-state index in [0.29, 0.717) is 0 Å². The Kier molecular flexibility index (Phi) is 3.58. The fraction of sp³-hybridized carbons (Fsp3) is 0.500. The van der Waals surface area contributed by atoms with Crippen LogP contribution in [0.15, 0.2) is 4.99 Å². The summed E-state index contributed by atoms with van der Waals surface area (Å²) in [4.78, 5) is 23.2. The van der Waals surface area contributed by atoms with Crippen LogP contribution >= 0.6 is 0 Å². The molecule has 4 nitrogen and oxygen atoms in total. The topological polar surface area (TPSA) is 55.7 Å². The van der Waals surface area contributed by atoms with E-state index >= 15 is 0 Å². The molecule has 0 saturated heterocycles. The van der Waals surface area contributed by atoms with Crippen molar-refractivity contribution in [1.29, 1.82) is 0 Å². The number of esters is 1. The highest BCUT2D eigenvalue weighted by molar-refractivity contribution is 6.40. The highest BCUT2D eigenvalue weighted by atomic mass is 19.4. The molecule has 0 saturated carbocycles. The van der Waals surface area contributed by atoms with Crippen LogP contribution in [-0.2, 0) is 14.3 Å². The number of aliphatic imine (C=N–C) groups is 1. The van der Waals surface area contributed by atoms with Gasteiger partial charge in [-0.15, -0.1) is 0 Å². The minimum Gasteiger partial charge on any atom is -0.464 e. The number of rotatable bonds is 1. The molecule has 0 aromatic rings. The van der Waals surface area contributed by atoms with Crippen LogP contribution in [0.25, 0.3) is 0 Å². The van der Waals surface area contributed by atoms with Crippen molar-refractivity contribution in [2.45, 2.75) is 13.1 Å². The summed E-state index contributed by atoms with van der Waals surface area (Å²) in [5.41, 5.74) is -1.84. The molecule has 13 heavy (non-hydrogen) atoms. The van der Waals surface area contributed by atoms with Gasteiger partial charge in [-0.1, -0.05) is 0 Å². The predicted octanol–water partition coefficient (Wildman–Crippen LogP) is 0.709. The summed E-state index contributed by atoms with van der Waals surface area (Å²) in [6, 6.07) is 0. The second-order valence-corrected chi connectivity index (χ2v) is 1.97. The van der Waals surface area contributed by atoms with Gasteiger partial charge in [0.15, 0.2) is 0 Å². The highest BCUT2D eigenvalue weighted by Crippen LogP contribution is 2.18. The fourth-order valence-corrected chi connectivity index (χ4v) is 0.479. The number of carbonyl (C=O) groups excluding carboxylic acids is 2. The number of alkyl halides is 3. The van der Waals surface area contributed by atoms with E-state index in [4.69, 9.17) is 0 Å². The van der Waals surface area contributed by atoms with E-state index in [9.17, 15) is 22.8 Å². The molecular formula is C6H6F3NO3. The lowest BCUT2D eigenvalue weighted by Crippen LogP contribution is -2.32. The van der Waals surface area contributed by atoms with Crippen LogP contribution in [0.1, 0.15) is 6.92 Å². The number of ether oxygens (including phenoxy) is 1. The summed E-state index contributed by atoms with van der Waals surface area (Å²) in [7, 11) is 0.768. The molecule has 0 heterocycles. The van der Waals surface area contributed by atoms with Crippen molar-refractivity contribution in [3.63, 3.8) is 0 Å². The second kappa shape index (κ2) is 4.01. The van der Waals surface area contributed by atoms with Crippen molar-refractivity contribution in [1.82, 2.24) is 0 Å². The van der Waals surface area contributed by atoms with Gasteiger partial charge in [0.05, 0.1) is 7.11 Å². The third kappa shape index (κ3) is 3.68. The molecule has 0 aromatic heterocycles. The van der Waals surface area contributed by atoms with Crippen molar-refractivity contribution in [2.24, 2.45) is 4.99 Å². The Hall–Kier alpha value is -1.40. The Bertz CT molecular complexity index is 256. The number of methoxy groups -OCH3 is 1. The smallest absolute Gasteiger partial charge is 0.440 e. The van der Waals surface area contributed by atoms with E-state index in [1.165, 1.54) is 0 Å². The average molecular weight is 197 g/mol. The zero-order valence-corrected chi connectivity index (χ0v) is 6.81. The summed E-state index contributed by atoms with van der Waals surface area (Å²) >= 11 is 0. The van der Waals surface area contributed by atoms with Crippen molar-refractivity contribution in [3.8, 4) is 0 Å². The van der Waals surface area contributed by atoms with Gasteiger partial charge in [-0.25, -0.2) is 9.79 Å². The van der Waals surface area contributed by atoms with Gasteiger partial charge in [0.2, 0.25) is 11.6 Å². The van der Waals surface area contributed by atoms with Gasteiger partial charge in [0.1, 0.15) is 0 Å². The van der Waals surface area contributed by atoms with Gasteiger partial charge in [0, 0.05) is 6.92 Å². The van der Waals surface area contributed by atoms with Gasteiger partial charge in [-0.05, 0) is 0 Å². The summed E-state index contributed by atoms with van der Waals surface area (Å²) < 4.78 is 39.6. The normalized spacial score (nSPS) is 12.5. The van der Waals surface area contributed by atoms with Crippen LogP contribution in [0.3, 0.4) is 0 Å². The zero-order chi connectivity index (χ0) is 10.6. The molecule has 0 aliphatic carbocycles. The van der Waals surface area contributed by atoms with Gasteiger partial charge in [-0.3, -0.25) is 4.79 Å². The van der Waals surface area contributed by atoms with Crippen molar-refractivity contribution >= 4 is 17.6 Å². The quantitative estimate of drug-likeness (QED) is 0.459. The number of carbonyl (C=O) groups is 2. The minimum atomic E-state index is -4.97. The molecular weight excluding hydrogens is 191 g/mol. The maximum atomic E-state index is 11.9. The molecule has 0 aromatic carbocycles. The van der Waals surface area contributed by atoms with Crippen LogP contribution in [0.5, 0.6) is 0 Å². The van der Waals surface area contributed by atoms with Gasteiger partial charge in [-0.2, -0.15) is 13.2 Å². The average Bonchev–Trinajstić information content (AvgIpc) is 1.96. The first-order valence-electron chi connectivity index (χ1n) is 3.03. The Balaban J connectivity index is 4.99. The first-order chi connectivity index (χ1) is 5.79. The predicted molar refractivity (Wildman–Crippen MR) is 36.2 cm³/mol. The SMILES string of the molecule is COC(=O)C(=NC(C)=O)C(F)(F)F. The van der Waals surface area contributed by atoms with E-state index in [1.807, 2.05) is 0 Å². The standard InChI is InChI=1S/C6H6F3NO3/c1-3(11)10-4(5(12)13-2)6(7,8)9/h1-2H3. The maximum Gasteiger partial charge on any atom is 0.440 e. The third-order valence-corrected chi connectivity index (χ3v) is 0.917. The largest absolute Gasteiger partial charge is 0.464 e. The number of nitrogens with zero attached hydrogens (tertiary/aromatic N) is 1. The highest BCUT2D eigenvalue weighted by Gasteiger charge is 2.42. The Morgan fingerprint density at radius 1 is 1.31 bits per heavy atom. The number of amides is 1. The zero-order valence-electron chi connectivity index (χ0n) is 6.81. The lowest BCUT2D eigenvalue weighted by Gasteiger charge is -2.06. The summed E-state index contributed by atoms with van der Waals surface area (Å²) in [6.07, 6.45) is -4.97. The Morgan fingerprint density at radius 3 is 2.00 bits per heavy atom. The van der Waals surface area contributed by atoms with Crippen LogP contribution < -0.4 is 0 Å². The molecule has 0 rings (SSSR count). The lowest BCUT2D eigenvalue weighted by atomic mass is 10.3. The number of hydrogen-bond donors (Lipinski definition) is 0. The third-order valence-electron chi connectivity index (χ3n) is 0.917. The lowest BCUT2D eigenvalue weighted by molar-refractivity contribution is -0.137. The van der Waals surface area contributed by atoms with E-state index in [-0.39, 0.29) is 0 Å². The molecule has 0 fully saturated rings. The van der Waals surface area contributed by atoms with E-state index in [1.54, 1.807) is 0 Å². The van der Waals surface area contributed by atoms with Crippen molar-refractivity contribution in [2.75, 3.05) is 7.11 Å². The minimum absolute atomic E-state index is 0.768. The van der Waals surface area contributed by atoms with Gasteiger partial charge < -0.3 is 4.74 Å². The van der Waals surface area contributed by atoms with E-state index < -0.39 is 23.8 Å². The second-order valence-electron chi connectivity index (χ2n) is 1.97. The van der Waals surface area contributed by atoms with Crippen LogP contribution in [0.2, 0.25) is 0 Å². The molecule has 0 radical (unpaired) electrons. The van der Waals surface area contributed by atoms with Crippen molar-refractivity contribution < 1.29 is 27.5 Å². The van der Waals surface area contributed by atoms with Crippen LogP contribution in [0.4, 0.5) is 13.2 Å². The molecule has 0 N–H and O–H groups in total. The molecule has 0 aliphatic rings. The monoisotopic (exact) mass is 197 g/mol. The summed E-state index contributed by atoms with van der Waals surface area (Å²) in [5.74, 6) is -2.79. The molecule has 0 aliphatic heterocycles. The molecule has 74 valence electrons. The molecule has 0 bridgehead atoms. The number of hydrogen-bond acceptors (Lipinski definition) is 3. The van der Waals surface area contributed by atoms with Crippen molar-refractivity contribution in [3.05, 3.63) is 0 Å². The Morgan fingerprint density at radius 2 is 1.77 bits per heavy atom. The summed E-state index contributed by atoms with van der Waals surface area (Å²) in [5, 5.41) is 0. The van der Waals surface area contributed by atoms with Gasteiger partial charge >= 0.3 is 12.1 Å². The molecule has 1 amide bonds. The Labute approximate surface area is 71.4 Å². The molecule has 0 atom stereocenters. The van der Waals surface area contributed by atoms with Crippen LogP contribution in [-0.4, -0.2) is 30.9 Å². The molecule has 0 spiro atoms. The van der Waals surface area contributed by atoms with Gasteiger partial charge in [0.25, 0.3) is 0 Å². The molecule has 7 heteroatoms.